The molecule has 6 heteroatoms. The van der Waals surface area contributed by atoms with E-state index in [0.717, 1.165) is 56.9 Å². The van der Waals surface area contributed by atoms with Crippen LogP contribution in [0.1, 0.15) is 11.1 Å². The average molecular weight is 1330 g/mol. The Balaban J connectivity index is 0.000000143. The van der Waals surface area contributed by atoms with Crippen molar-refractivity contribution in [2.45, 2.75) is 13.8 Å². The zero-order chi connectivity index (χ0) is 69.2. The molecule has 0 N–H and O–H groups in total. The number of nitrogens with zero attached hydrogens (tertiary/aromatic N) is 6. The van der Waals surface area contributed by atoms with E-state index in [2.05, 4.69) is 430 Å². The van der Waals surface area contributed by atoms with E-state index in [1.165, 1.54) is 121 Å². The molecule has 16 aromatic carbocycles. The van der Waals surface area contributed by atoms with Gasteiger partial charge in [-0.2, -0.15) is 0 Å². The lowest BCUT2D eigenvalue weighted by atomic mass is 10.0. The van der Waals surface area contributed by atoms with Gasteiger partial charge < -0.3 is 28.1 Å². The highest BCUT2D eigenvalue weighted by atomic mass is 15.1. The molecule has 0 aliphatic carbocycles. The highest BCUT2D eigenvalue weighted by Crippen LogP contribution is 2.44. The monoisotopic (exact) mass is 1330 g/mol. The predicted molar refractivity (Wildman–Crippen MR) is 440 cm³/mol. The first-order chi connectivity index (χ1) is 51.4. The van der Waals surface area contributed by atoms with Crippen molar-refractivity contribution >= 4 is 121 Å². The van der Waals surface area contributed by atoms with Crippen LogP contribution in [-0.4, -0.2) is 18.3 Å². The maximum atomic E-state index is 2.42. The van der Waals surface area contributed by atoms with Crippen LogP contribution in [0.2, 0.25) is 0 Å². The smallest absolute Gasteiger partial charge is 0.0541 e. The molecule has 6 nitrogen and oxygen atoms in total. The van der Waals surface area contributed by atoms with Gasteiger partial charge in [0.05, 0.1) is 44.1 Å². The molecule has 0 fully saturated rings. The van der Waals surface area contributed by atoms with Gasteiger partial charge in [0.25, 0.3) is 0 Å². The minimum Gasteiger partial charge on any atom is -0.310 e. The third kappa shape index (κ3) is 10.7. The van der Waals surface area contributed by atoms with Gasteiger partial charge in [-0.05, 0) is 206 Å². The Kier molecular flexibility index (Phi) is 15.2. The molecule has 104 heavy (non-hydrogen) atoms. The molecule has 0 atom stereocenters. The van der Waals surface area contributed by atoms with E-state index < -0.39 is 0 Å². The number of fused-ring (bicyclic) bond motifs is 12. The molecular weight excluding hydrogens is 1260 g/mol. The molecule has 4 heterocycles. The highest BCUT2D eigenvalue weighted by Gasteiger charge is 2.21. The predicted octanol–water partition coefficient (Wildman–Crippen LogP) is 26.7. The second kappa shape index (κ2) is 25.8. The third-order valence-electron chi connectivity index (χ3n) is 20.7. The maximum Gasteiger partial charge on any atom is 0.0541 e. The summed E-state index contributed by atoms with van der Waals surface area (Å²) >= 11 is 0. The molecule has 20 rings (SSSR count). The Hall–Kier alpha value is -13.7. The summed E-state index contributed by atoms with van der Waals surface area (Å²) in [4.78, 5) is 4.66. The van der Waals surface area contributed by atoms with Gasteiger partial charge in [0.2, 0.25) is 0 Å². The first kappa shape index (κ1) is 61.4. The fourth-order valence-corrected chi connectivity index (χ4v) is 15.9. The second-order valence-electron chi connectivity index (χ2n) is 27.1. The Morgan fingerprint density at radius 2 is 0.404 bits per heavy atom. The van der Waals surface area contributed by atoms with E-state index in [4.69, 9.17) is 0 Å². The molecule has 0 unspecified atom stereocenters. The van der Waals surface area contributed by atoms with Crippen LogP contribution in [0.3, 0.4) is 0 Å². The molecule has 4 aromatic heterocycles. The zero-order valence-corrected chi connectivity index (χ0v) is 57.6. The summed E-state index contributed by atoms with van der Waals surface area (Å²) in [5.41, 5.74) is 28.2. The largest absolute Gasteiger partial charge is 0.310 e. The summed E-state index contributed by atoms with van der Waals surface area (Å²) in [6, 6.07) is 141. The van der Waals surface area contributed by atoms with Crippen LogP contribution in [0, 0.1) is 13.8 Å². The van der Waals surface area contributed by atoms with Gasteiger partial charge in [0, 0.05) is 100.0 Å². The zero-order valence-electron chi connectivity index (χ0n) is 57.6. The first-order valence-electron chi connectivity index (χ1n) is 35.7. The minimum absolute atomic E-state index is 1.12. The van der Waals surface area contributed by atoms with Crippen molar-refractivity contribution in [3.63, 3.8) is 0 Å². The number of aromatic nitrogens is 4. The Morgan fingerprint density at radius 3 is 0.721 bits per heavy atom. The van der Waals surface area contributed by atoms with Crippen molar-refractivity contribution in [2.24, 2.45) is 0 Å². The molecule has 0 radical (unpaired) electrons. The molecule has 0 aliphatic rings. The quantitative estimate of drug-likeness (QED) is 0.122. The van der Waals surface area contributed by atoms with Crippen molar-refractivity contribution in [2.75, 3.05) is 9.80 Å². The number of rotatable bonds is 12. The number of hydrogen-bond acceptors (Lipinski definition) is 2. The Labute approximate surface area is 603 Å². The standard InChI is InChI=1S/C50H37N3.C48H33N3/c1-34-21-26-38(27-22-34)51(39-28-23-35(2)24-29-39)40-12-9-11-36(31-40)37-25-30-50-46(32-37)45-17-5-8-20-49(45)53(50)42-14-10-13-41(33-42)52-47-18-6-3-15-43(47)44-16-4-7-19-48(44)52;1-3-16-36(17-4-1)49(37-18-5-2-6-19-37)38-20-13-15-34(31-38)35-29-30-48-44(32-35)43-25-9-12-28-47(43)51(48)40-22-14-21-39(33-40)50-45-26-10-7-23-41(45)42-24-8-11-27-46(42)50/h3-33H,1-2H3;1-33H. The molecular formula is C98H70N6. The van der Waals surface area contributed by atoms with E-state index in [0.29, 0.717) is 0 Å². The number of para-hydroxylation sites is 8. The average Bonchev–Trinajstić information content (AvgIpc) is 1.56. The third-order valence-corrected chi connectivity index (χ3v) is 20.7. The van der Waals surface area contributed by atoms with Gasteiger partial charge in [0.15, 0.2) is 0 Å². The van der Waals surface area contributed by atoms with Gasteiger partial charge in [-0.25, -0.2) is 0 Å². The maximum absolute atomic E-state index is 2.42. The van der Waals surface area contributed by atoms with Gasteiger partial charge >= 0.3 is 0 Å². The van der Waals surface area contributed by atoms with Crippen LogP contribution in [0.4, 0.5) is 34.1 Å². The van der Waals surface area contributed by atoms with Gasteiger partial charge in [-0.3, -0.25) is 0 Å². The molecule has 0 saturated heterocycles. The van der Waals surface area contributed by atoms with Crippen LogP contribution >= 0.6 is 0 Å². The normalized spacial score (nSPS) is 11.6. The minimum atomic E-state index is 1.12. The molecule has 0 amide bonds. The van der Waals surface area contributed by atoms with Crippen LogP contribution in [0.15, 0.2) is 388 Å². The molecule has 0 saturated carbocycles. The highest BCUT2D eigenvalue weighted by molar-refractivity contribution is 6.14. The Morgan fingerprint density at radius 1 is 0.163 bits per heavy atom. The number of aryl methyl sites for hydroxylation is 2. The summed E-state index contributed by atoms with van der Waals surface area (Å²) in [5, 5.41) is 10.0. The number of hydrogen-bond donors (Lipinski definition) is 0. The van der Waals surface area contributed by atoms with E-state index in [1.807, 2.05) is 0 Å². The van der Waals surface area contributed by atoms with Gasteiger partial charge in [0.1, 0.15) is 0 Å². The molecule has 0 spiro atoms. The van der Waals surface area contributed by atoms with E-state index in [1.54, 1.807) is 0 Å². The lowest BCUT2D eigenvalue weighted by Crippen LogP contribution is -2.10. The van der Waals surface area contributed by atoms with Gasteiger partial charge in [-0.1, -0.05) is 230 Å². The number of anilines is 6. The van der Waals surface area contributed by atoms with Crippen molar-refractivity contribution in [1.82, 2.24) is 18.3 Å². The van der Waals surface area contributed by atoms with Crippen LogP contribution in [-0.2, 0) is 0 Å². The fraction of sp³-hybridized carbons (Fsp3) is 0.0204. The fourth-order valence-electron chi connectivity index (χ4n) is 15.9. The summed E-state index contributed by atoms with van der Waals surface area (Å²) in [5.74, 6) is 0. The van der Waals surface area contributed by atoms with Gasteiger partial charge in [-0.15, -0.1) is 0 Å². The Bertz CT molecular complexity index is 6440. The van der Waals surface area contributed by atoms with Crippen molar-refractivity contribution in [1.29, 1.82) is 0 Å². The van der Waals surface area contributed by atoms with Crippen LogP contribution in [0.25, 0.3) is 132 Å². The van der Waals surface area contributed by atoms with E-state index >= 15 is 0 Å². The number of benzene rings is 16. The van der Waals surface area contributed by atoms with E-state index in [-0.39, 0.29) is 0 Å². The summed E-state index contributed by atoms with van der Waals surface area (Å²) < 4.78 is 9.61. The molecule has 0 aliphatic heterocycles. The van der Waals surface area contributed by atoms with Crippen LogP contribution < -0.4 is 9.80 Å². The summed E-state index contributed by atoms with van der Waals surface area (Å²) in [6.07, 6.45) is 0. The molecule has 20 aromatic rings. The van der Waals surface area contributed by atoms with Crippen molar-refractivity contribution < 1.29 is 0 Å². The summed E-state index contributed by atoms with van der Waals surface area (Å²) in [7, 11) is 0. The van der Waals surface area contributed by atoms with Crippen molar-refractivity contribution in [3.8, 4) is 45.0 Å². The molecule has 492 valence electrons. The summed E-state index contributed by atoms with van der Waals surface area (Å²) in [6.45, 7) is 4.27. The van der Waals surface area contributed by atoms with Crippen LogP contribution in [0.5, 0.6) is 0 Å². The topological polar surface area (TPSA) is 26.2 Å². The lowest BCUT2D eigenvalue weighted by molar-refractivity contribution is 1.13. The SMILES string of the molecule is Cc1ccc(N(c2ccc(C)cc2)c2cccc(-c3ccc4c(c3)c3ccccc3n4-c3cccc(-n4c5ccccc5c5ccccc54)c3)c2)cc1.c1ccc(N(c2ccccc2)c2cccc(-c3ccc4c(c3)c3ccccc3n4-c3cccc(-n4c5ccccc5c5ccccc54)c3)c2)cc1. The van der Waals surface area contributed by atoms with E-state index in [9.17, 15) is 0 Å². The molecule has 0 bridgehead atoms. The lowest BCUT2D eigenvalue weighted by Gasteiger charge is -2.26. The van der Waals surface area contributed by atoms with Crippen molar-refractivity contribution in [3.05, 3.63) is 399 Å². The second-order valence-corrected chi connectivity index (χ2v) is 27.1. The first-order valence-corrected chi connectivity index (χ1v) is 35.7.